The summed E-state index contributed by atoms with van der Waals surface area (Å²) in [5, 5.41) is 0. The van der Waals surface area contributed by atoms with E-state index in [2.05, 4.69) is 25.7 Å². The maximum atomic E-state index is 12.1. The zero-order valence-corrected chi connectivity index (χ0v) is 10.8. The first-order valence-corrected chi connectivity index (χ1v) is 6.30. The van der Waals surface area contributed by atoms with Crippen molar-refractivity contribution in [1.29, 1.82) is 0 Å². The fourth-order valence-corrected chi connectivity index (χ4v) is 2.77. The Bertz CT molecular complexity index is 223. The topological polar surface area (TPSA) is 20.3 Å². The van der Waals surface area contributed by atoms with Gasteiger partial charge in [-0.05, 0) is 33.1 Å². The number of nitrogens with zero attached hydrogens (tertiary/aromatic N) is 1. The van der Waals surface area contributed by atoms with E-state index in [9.17, 15) is 4.79 Å². The third kappa shape index (κ3) is 2.60. The molecule has 0 unspecified atom stereocenters. The fraction of sp³-hybridized carbons (Fsp3) is 0.923. The van der Waals surface area contributed by atoms with E-state index in [1.165, 1.54) is 12.8 Å². The minimum absolute atomic E-state index is 0.173. The normalized spacial score (nSPS) is 27.9. The van der Waals surface area contributed by atoms with Crippen LogP contribution in [0.25, 0.3) is 0 Å². The van der Waals surface area contributed by atoms with Gasteiger partial charge in [0.2, 0.25) is 0 Å². The van der Waals surface area contributed by atoms with Gasteiger partial charge in [-0.15, -0.1) is 0 Å². The highest BCUT2D eigenvalue weighted by Gasteiger charge is 2.38. The summed E-state index contributed by atoms with van der Waals surface area (Å²) in [4.78, 5) is 14.5. The van der Waals surface area contributed by atoms with Gasteiger partial charge in [0.25, 0.3) is 0 Å². The molecule has 1 aliphatic heterocycles. The minimum atomic E-state index is 0.173. The fourth-order valence-electron chi connectivity index (χ4n) is 2.77. The maximum absolute atomic E-state index is 12.1. The van der Waals surface area contributed by atoms with Gasteiger partial charge >= 0.3 is 0 Å². The molecule has 1 fully saturated rings. The lowest BCUT2D eigenvalue weighted by atomic mass is 9.99. The second kappa shape index (κ2) is 5.11. The van der Waals surface area contributed by atoms with Crippen LogP contribution in [0.1, 0.15) is 53.9 Å². The Morgan fingerprint density at radius 2 is 1.87 bits per heavy atom. The molecule has 2 heteroatoms. The molecular weight excluding hydrogens is 186 g/mol. The van der Waals surface area contributed by atoms with Gasteiger partial charge in [-0.25, -0.2) is 0 Å². The number of ketones is 1. The standard InChI is InChI=1S/C13H25NO/c1-6-11-7-8-12(13(15)9(2)3)14(11)10(4)5/h9-12H,6-8H2,1-5H3/t11-,12-/m0/s1. The van der Waals surface area contributed by atoms with Crippen molar-refractivity contribution in [2.45, 2.75) is 72.0 Å². The first kappa shape index (κ1) is 12.7. The number of rotatable bonds is 4. The zero-order chi connectivity index (χ0) is 11.6. The van der Waals surface area contributed by atoms with Gasteiger partial charge in [0, 0.05) is 18.0 Å². The highest BCUT2D eigenvalue weighted by molar-refractivity contribution is 5.86. The largest absolute Gasteiger partial charge is 0.298 e. The Kier molecular flexibility index (Phi) is 4.32. The number of likely N-dealkylation sites (tertiary alicyclic amines) is 1. The van der Waals surface area contributed by atoms with Crippen LogP contribution < -0.4 is 0 Å². The summed E-state index contributed by atoms with van der Waals surface area (Å²) in [6.45, 7) is 10.7. The molecule has 0 amide bonds. The molecule has 2 atom stereocenters. The van der Waals surface area contributed by atoms with Crippen LogP contribution >= 0.6 is 0 Å². The first-order valence-electron chi connectivity index (χ1n) is 6.30. The second-order valence-electron chi connectivity index (χ2n) is 5.25. The minimum Gasteiger partial charge on any atom is -0.298 e. The van der Waals surface area contributed by atoms with Gasteiger partial charge in [0.15, 0.2) is 5.78 Å². The zero-order valence-electron chi connectivity index (χ0n) is 10.8. The Morgan fingerprint density at radius 3 is 2.27 bits per heavy atom. The summed E-state index contributed by atoms with van der Waals surface area (Å²) in [5.74, 6) is 0.603. The van der Waals surface area contributed by atoms with Crippen LogP contribution in [0.15, 0.2) is 0 Å². The van der Waals surface area contributed by atoms with Crippen LogP contribution in [-0.4, -0.2) is 28.8 Å². The van der Waals surface area contributed by atoms with E-state index in [4.69, 9.17) is 0 Å². The summed E-state index contributed by atoms with van der Waals surface area (Å²) >= 11 is 0. The van der Waals surface area contributed by atoms with Crippen molar-refractivity contribution in [3.05, 3.63) is 0 Å². The van der Waals surface area contributed by atoms with Gasteiger partial charge in [-0.3, -0.25) is 9.69 Å². The van der Waals surface area contributed by atoms with Crippen molar-refractivity contribution >= 4 is 5.78 Å². The van der Waals surface area contributed by atoms with E-state index >= 15 is 0 Å². The third-order valence-corrected chi connectivity index (χ3v) is 3.52. The molecular formula is C13H25NO. The lowest BCUT2D eigenvalue weighted by molar-refractivity contribution is -0.127. The molecule has 1 saturated heterocycles. The van der Waals surface area contributed by atoms with E-state index in [1.54, 1.807) is 0 Å². The summed E-state index contributed by atoms with van der Waals surface area (Å²) < 4.78 is 0. The van der Waals surface area contributed by atoms with Gasteiger partial charge in [-0.2, -0.15) is 0 Å². The number of carbonyl (C=O) groups excluding carboxylic acids is 1. The number of hydrogen-bond acceptors (Lipinski definition) is 2. The quantitative estimate of drug-likeness (QED) is 0.712. The lowest BCUT2D eigenvalue weighted by Crippen LogP contribution is -2.46. The Hall–Kier alpha value is -0.370. The van der Waals surface area contributed by atoms with Crippen LogP contribution in [0.2, 0.25) is 0 Å². The van der Waals surface area contributed by atoms with Crippen LogP contribution in [0.4, 0.5) is 0 Å². The third-order valence-electron chi connectivity index (χ3n) is 3.52. The lowest BCUT2D eigenvalue weighted by Gasteiger charge is -2.33. The maximum Gasteiger partial charge on any atom is 0.152 e. The summed E-state index contributed by atoms with van der Waals surface area (Å²) in [5.41, 5.74) is 0. The van der Waals surface area contributed by atoms with Crippen molar-refractivity contribution in [2.75, 3.05) is 0 Å². The average molecular weight is 211 g/mol. The van der Waals surface area contributed by atoms with E-state index in [1.807, 2.05) is 13.8 Å². The van der Waals surface area contributed by atoms with Crippen LogP contribution in [0.3, 0.4) is 0 Å². The molecule has 0 radical (unpaired) electrons. The summed E-state index contributed by atoms with van der Waals surface area (Å²) in [6, 6.07) is 1.30. The van der Waals surface area contributed by atoms with Gasteiger partial charge in [0.1, 0.15) is 0 Å². The van der Waals surface area contributed by atoms with Gasteiger partial charge in [0.05, 0.1) is 6.04 Å². The molecule has 2 nitrogen and oxygen atoms in total. The van der Waals surface area contributed by atoms with E-state index in [-0.39, 0.29) is 12.0 Å². The molecule has 1 aliphatic rings. The molecule has 88 valence electrons. The molecule has 1 heterocycles. The predicted molar refractivity (Wildman–Crippen MR) is 63.9 cm³/mol. The molecule has 0 saturated carbocycles. The van der Waals surface area contributed by atoms with Gasteiger partial charge in [-0.1, -0.05) is 20.8 Å². The first-order chi connectivity index (χ1) is 6.99. The van der Waals surface area contributed by atoms with Crippen LogP contribution in [-0.2, 0) is 4.79 Å². The average Bonchev–Trinajstić information content (AvgIpc) is 2.59. The van der Waals surface area contributed by atoms with Gasteiger partial charge < -0.3 is 0 Å². The van der Waals surface area contributed by atoms with Crippen molar-refractivity contribution in [3.63, 3.8) is 0 Å². The molecule has 0 spiro atoms. The molecule has 0 aromatic heterocycles. The monoisotopic (exact) mass is 211 g/mol. The van der Waals surface area contributed by atoms with E-state index in [0.717, 1.165) is 6.42 Å². The molecule has 1 rings (SSSR count). The molecule has 0 aromatic rings. The molecule has 0 aromatic carbocycles. The van der Waals surface area contributed by atoms with Crippen LogP contribution in [0, 0.1) is 5.92 Å². The van der Waals surface area contributed by atoms with Crippen LogP contribution in [0.5, 0.6) is 0 Å². The predicted octanol–water partition coefficient (Wildman–Crippen LogP) is 2.86. The number of hydrogen-bond donors (Lipinski definition) is 0. The number of carbonyl (C=O) groups is 1. The number of Topliss-reactive ketones (excluding diaryl/α,β-unsaturated/α-hetero) is 1. The Balaban J connectivity index is 2.77. The Morgan fingerprint density at radius 1 is 1.27 bits per heavy atom. The van der Waals surface area contributed by atoms with Crippen molar-refractivity contribution in [3.8, 4) is 0 Å². The highest BCUT2D eigenvalue weighted by atomic mass is 16.1. The SMILES string of the molecule is CC[C@H]1CC[C@@H](C(=O)C(C)C)N1C(C)C. The molecule has 0 aliphatic carbocycles. The summed E-state index contributed by atoms with van der Waals surface area (Å²) in [6.07, 6.45) is 3.42. The molecule has 15 heavy (non-hydrogen) atoms. The van der Waals surface area contributed by atoms with E-state index < -0.39 is 0 Å². The summed E-state index contributed by atoms with van der Waals surface area (Å²) in [7, 11) is 0. The highest BCUT2D eigenvalue weighted by Crippen LogP contribution is 2.30. The molecule has 0 N–H and O–H groups in total. The van der Waals surface area contributed by atoms with Crippen molar-refractivity contribution in [1.82, 2.24) is 4.90 Å². The molecule has 0 bridgehead atoms. The van der Waals surface area contributed by atoms with E-state index in [0.29, 0.717) is 17.9 Å². The van der Waals surface area contributed by atoms with Crippen molar-refractivity contribution < 1.29 is 4.79 Å². The Labute approximate surface area is 94.0 Å². The second-order valence-corrected chi connectivity index (χ2v) is 5.25. The van der Waals surface area contributed by atoms with Crippen molar-refractivity contribution in [2.24, 2.45) is 5.92 Å². The smallest absolute Gasteiger partial charge is 0.152 e.